The molecule has 0 bridgehead atoms. The summed E-state index contributed by atoms with van der Waals surface area (Å²) < 4.78 is 27.7. The summed E-state index contributed by atoms with van der Waals surface area (Å²) in [6.45, 7) is 4.97. The highest BCUT2D eigenvalue weighted by atomic mass is 19.1. The molecule has 3 heterocycles. The number of benzene rings is 2. The molecule has 5 rings (SSSR count). The van der Waals surface area contributed by atoms with Crippen LogP contribution in [0.1, 0.15) is 35.6 Å². The number of H-pyrrole nitrogens is 2. The summed E-state index contributed by atoms with van der Waals surface area (Å²) in [4.78, 5) is 5.70. The lowest BCUT2D eigenvalue weighted by atomic mass is 9.89. The number of rotatable bonds is 5. The number of hydrogen-bond acceptors (Lipinski definition) is 2. The van der Waals surface area contributed by atoms with Crippen LogP contribution in [-0.2, 0) is 6.42 Å². The standard InChI is InChI=1S/C25H26F2N4/c1-16-20(25(30-29-16)18-5-7-19(26)8-6-18)11-14-31-12-9-17(10-13-31)21-15-28-23-4-2-3-22(27)24(21)23/h2-8,15,17,28H,9-14H2,1H3,(H,29,30). The first-order valence-electron chi connectivity index (χ1n) is 10.9. The predicted octanol–water partition coefficient (Wildman–Crippen LogP) is 5.57. The molecule has 0 saturated carbocycles. The van der Waals surface area contributed by atoms with Crippen LogP contribution in [0.25, 0.3) is 22.2 Å². The molecule has 2 aromatic carbocycles. The third-order valence-electron chi connectivity index (χ3n) is 6.58. The van der Waals surface area contributed by atoms with Crippen LogP contribution in [0.4, 0.5) is 8.78 Å². The molecule has 4 nitrogen and oxygen atoms in total. The lowest BCUT2D eigenvalue weighted by molar-refractivity contribution is 0.215. The molecule has 0 aliphatic carbocycles. The van der Waals surface area contributed by atoms with Crippen LogP contribution in [0.3, 0.4) is 0 Å². The summed E-state index contributed by atoms with van der Waals surface area (Å²) in [6.07, 6.45) is 4.92. The molecular formula is C25H26F2N4. The van der Waals surface area contributed by atoms with Crippen LogP contribution in [-0.4, -0.2) is 39.7 Å². The number of likely N-dealkylation sites (tertiary alicyclic amines) is 1. The summed E-state index contributed by atoms with van der Waals surface area (Å²) in [5.74, 6) is 0.00258. The first kappa shape index (κ1) is 19.9. The van der Waals surface area contributed by atoms with E-state index < -0.39 is 0 Å². The van der Waals surface area contributed by atoms with E-state index in [2.05, 4.69) is 20.1 Å². The van der Waals surface area contributed by atoms with Gasteiger partial charge in [-0.05, 0) is 87.2 Å². The number of aryl methyl sites for hydroxylation is 1. The van der Waals surface area contributed by atoms with E-state index in [1.807, 2.05) is 19.2 Å². The SMILES string of the molecule is Cc1[nH]nc(-c2ccc(F)cc2)c1CCN1CCC(c2c[nH]c3cccc(F)c23)CC1. The average molecular weight is 421 g/mol. The molecule has 2 N–H and O–H groups in total. The Bertz CT molecular complexity index is 1180. The Hall–Kier alpha value is -2.99. The maximum atomic E-state index is 14.4. The van der Waals surface area contributed by atoms with Crippen molar-refractivity contribution >= 4 is 10.9 Å². The van der Waals surface area contributed by atoms with Gasteiger partial charge in [0, 0.05) is 40.5 Å². The second kappa shape index (κ2) is 8.27. The Kier molecular flexibility index (Phi) is 5.32. The molecule has 1 fully saturated rings. The minimum Gasteiger partial charge on any atom is -0.361 e. The van der Waals surface area contributed by atoms with Crippen LogP contribution >= 0.6 is 0 Å². The quantitative estimate of drug-likeness (QED) is 0.444. The summed E-state index contributed by atoms with van der Waals surface area (Å²) in [6, 6.07) is 11.7. The van der Waals surface area contributed by atoms with Crippen molar-refractivity contribution in [2.75, 3.05) is 19.6 Å². The van der Waals surface area contributed by atoms with Crippen molar-refractivity contribution in [3.63, 3.8) is 0 Å². The summed E-state index contributed by atoms with van der Waals surface area (Å²) in [5, 5.41) is 8.29. The van der Waals surface area contributed by atoms with Crippen molar-refractivity contribution in [2.24, 2.45) is 0 Å². The highest BCUT2D eigenvalue weighted by molar-refractivity contribution is 5.84. The fourth-order valence-corrected chi connectivity index (χ4v) is 4.83. The molecule has 1 saturated heterocycles. The molecule has 6 heteroatoms. The minimum absolute atomic E-state index is 0.139. The third-order valence-corrected chi connectivity index (χ3v) is 6.58. The monoisotopic (exact) mass is 420 g/mol. The first-order valence-corrected chi connectivity index (χ1v) is 10.9. The lowest BCUT2D eigenvalue weighted by Gasteiger charge is -2.32. The smallest absolute Gasteiger partial charge is 0.132 e. The van der Waals surface area contributed by atoms with E-state index in [4.69, 9.17) is 0 Å². The van der Waals surface area contributed by atoms with Gasteiger partial charge in [-0.25, -0.2) is 8.78 Å². The van der Waals surface area contributed by atoms with Gasteiger partial charge in [0.25, 0.3) is 0 Å². The number of nitrogens with zero attached hydrogens (tertiary/aromatic N) is 2. The zero-order chi connectivity index (χ0) is 21.4. The van der Waals surface area contributed by atoms with Gasteiger partial charge in [-0.3, -0.25) is 5.10 Å². The molecule has 1 aliphatic rings. The molecule has 0 radical (unpaired) electrons. The van der Waals surface area contributed by atoms with Crippen LogP contribution in [0.2, 0.25) is 0 Å². The number of hydrogen-bond donors (Lipinski definition) is 2. The van der Waals surface area contributed by atoms with E-state index in [-0.39, 0.29) is 11.6 Å². The number of fused-ring (bicyclic) bond motifs is 1. The molecular weight excluding hydrogens is 394 g/mol. The molecule has 0 unspecified atom stereocenters. The van der Waals surface area contributed by atoms with Gasteiger partial charge in [0.2, 0.25) is 0 Å². The second-order valence-corrected chi connectivity index (χ2v) is 8.45. The van der Waals surface area contributed by atoms with Crippen LogP contribution in [0.5, 0.6) is 0 Å². The van der Waals surface area contributed by atoms with Crippen LogP contribution in [0.15, 0.2) is 48.7 Å². The van der Waals surface area contributed by atoms with Gasteiger partial charge in [-0.1, -0.05) is 6.07 Å². The number of aromatic nitrogens is 3. The molecule has 160 valence electrons. The molecule has 0 spiro atoms. The Labute approximate surface area is 180 Å². The topological polar surface area (TPSA) is 47.7 Å². The van der Waals surface area contributed by atoms with E-state index in [9.17, 15) is 8.78 Å². The highest BCUT2D eigenvalue weighted by Crippen LogP contribution is 2.34. The number of nitrogens with one attached hydrogen (secondary N) is 2. The van der Waals surface area contributed by atoms with E-state index in [0.717, 1.165) is 72.3 Å². The average Bonchev–Trinajstić information content (AvgIpc) is 3.38. The van der Waals surface area contributed by atoms with Gasteiger partial charge >= 0.3 is 0 Å². The van der Waals surface area contributed by atoms with E-state index >= 15 is 0 Å². The Balaban J connectivity index is 1.24. The van der Waals surface area contributed by atoms with Gasteiger partial charge in [-0.2, -0.15) is 5.10 Å². The first-order chi connectivity index (χ1) is 15.1. The van der Waals surface area contributed by atoms with Crippen molar-refractivity contribution in [1.82, 2.24) is 20.1 Å². The number of halogens is 2. The maximum absolute atomic E-state index is 14.4. The number of aromatic amines is 2. The molecule has 31 heavy (non-hydrogen) atoms. The summed E-state index contributed by atoms with van der Waals surface area (Å²) in [5.41, 5.74) is 6.07. The fraction of sp³-hybridized carbons (Fsp3) is 0.320. The summed E-state index contributed by atoms with van der Waals surface area (Å²) in [7, 11) is 0. The minimum atomic E-state index is -0.240. The molecule has 4 aromatic rings. The maximum Gasteiger partial charge on any atom is 0.132 e. The van der Waals surface area contributed by atoms with Gasteiger partial charge in [0.05, 0.1) is 5.69 Å². The second-order valence-electron chi connectivity index (χ2n) is 8.45. The molecule has 2 aromatic heterocycles. The molecule has 0 atom stereocenters. The van der Waals surface area contributed by atoms with Crippen LogP contribution < -0.4 is 0 Å². The van der Waals surface area contributed by atoms with Crippen molar-refractivity contribution in [2.45, 2.75) is 32.1 Å². The van der Waals surface area contributed by atoms with Gasteiger partial charge in [0.1, 0.15) is 11.6 Å². The van der Waals surface area contributed by atoms with Crippen molar-refractivity contribution < 1.29 is 8.78 Å². The van der Waals surface area contributed by atoms with E-state index in [1.54, 1.807) is 24.3 Å². The van der Waals surface area contributed by atoms with E-state index in [1.165, 1.54) is 17.7 Å². The van der Waals surface area contributed by atoms with Crippen molar-refractivity contribution in [3.8, 4) is 11.3 Å². The van der Waals surface area contributed by atoms with Gasteiger partial charge in [0.15, 0.2) is 0 Å². The highest BCUT2D eigenvalue weighted by Gasteiger charge is 2.24. The Morgan fingerprint density at radius 2 is 1.84 bits per heavy atom. The van der Waals surface area contributed by atoms with E-state index in [0.29, 0.717) is 5.92 Å². The van der Waals surface area contributed by atoms with Crippen molar-refractivity contribution in [3.05, 3.63) is 77.1 Å². The molecule has 0 amide bonds. The van der Waals surface area contributed by atoms with Gasteiger partial charge in [-0.15, -0.1) is 0 Å². The summed E-state index contributed by atoms with van der Waals surface area (Å²) >= 11 is 0. The molecule has 1 aliphatic heterocycles. The number of piperidine rings is 1. The zero-order valence-electron chi connectivity index (χ0n) is 17.6. The van der Waals surface area contributed by atoms with Gasteiger partial charge < -0.3 is 9.88 Å². The third kappa shape index (κ3) is 3.88. The normalized spacial score (nSPS) is 15.7. The Morgan fingerprint density at radius 3 is 2.61 bits per heavy atom. The lowest BCUT2D eigenvalue weighted by Crippen LogP contribution is -2.34. The van der Waals surface area contributed by atoms with Crippen LogP contribution in [0, 0.1) is 18.6 Å². The zero-order valence-corrected chi connectivity index (χ0v) is 17.6. The van der Waals surface area contributed by atoms with Crippen molar-refractivity contribution in [1.29, 1.82) is 0 Å². The fourth-order valence-electron chi connectivity index (χ4n) is 4.83. The predicted molar refractivity (Wildman–Crippen MR) is 119 cm³/mol. The largest absolute Gasteiger partial charge is 0.361 e. The Morgan fingerprint density at radius 1 is 1.06 bits per heavy atom.